The fraction of sp³-hybridized carbons (Fsp3) is 0.353. The summed E-state index contributed by atoms with van der Waals surface area (Å²) in [5, 5.41) is 0. The SMILES string of the molecule is Cc1cccc(OCCn2c(C)cc(C=O)c2C)c1C. The van der Waals surface area contributed by atoms with Crippen molar-refractivity contribution in [1.29, 1.82) is 0 Å². The molecule has 0 aliphatic rings. The van der Waals surface area contributed by atoms with E-state index in [-0.39, 0.29) is 0 Å². The van der Waals surface area contributed by atoms with E-state index < -0.39 is 0 Å². The summed E-state index contributed by atoms with van der Waals surface area (Å²) in [7, 11) is 0. The van der Waals surface area contributed by atoms with Crippen molar-refractivity contribution in [2.24, 2.45) is 0 Å². The van der Waals surface area contributed by atoms with Crippen molar-refractivity contribution in [2.45, 2.75) is 34.2 Å². The quantitative estimate of drug-likeness (QED) is 0.778. The van der Waals surface area contributed by atoms with Crippen LogP contribution in [0.2, 0.25) is 0 Å². The number of nitrogens with zero attached hydrogens (tertiary/aromatic N) is 1. The Bertz CT molecular complexity index is 626. The van der Waals surface area contributed by atoms with Crippen LogP contribution in [0.5, 0.6) is 5.75 Å². The Kier molecular flexibility index (Phi) is 4.28. The predicted molar refractivity (Wildman–Crippen MR) is 80.7 cm³/mol. The second-order valence-electron chi connectivity index (χ2n) is 5.14. The number of aryl methyl sites for hydroxylation is 2. The van der Waals surface area contributed by atoms with Gasteiger partial charge in [0.15, 0.2) is 6.29 Å². The van der Waals surface area contributed by atoms with E-state index in [2.05, 4.69) is 24.5 Å². The maximum atomic E-state index is 10.9. The van der Waals surface area contributed by atoms with Gasteiger partial charge in [-0.1, -0.05) is 12.1 Å². The maximum Gasteiger partial charge on any atom is 0.151 e. The first-order chi connectivity index (χ1) is 9.54. The Morgan fingerprint density at radius 1 is 1.20 bits per heavy atom. The van der Waals surface area contributed by atoms with Crippen LogP contribution < -0.4 is 4.74 Å². The number of rotatable bonds is 5. The first-order valence-corrected chi connectivity index (χ1v) is 6.85. The molecule has 0 amide bonds. The zero-order valence-electron chi connectivity index (χ0n) is 12.6. The van der Waals surface area contributed by atoms with Gasteiger partial charge in [-0.15, -0.1) is 0 Å². The van der Waals surface area contributed by atoms with E-state index in [0.29, 0.717) is 6.61 Å². The van der Waals surface area contributed by atoms with Crippen molar-refractivity contribution in [1.82, 2.24) is 4.57 Å². The van der Waals surface area contributed by atoms with Crippen LogP contribution in [0.3, 0.4) is 0 Å². The summed E-state index contributed by atoms with van der Waals surface area (Å²) < 4.78 is 7.99. The van der Waals surface area contributed by atoms with Crippen LogP contribution in [0, 0.1) is 27.7 Å². The largest absolute Gasteiger partial charge is 0.491 e. The molecule has 0 saturated carbocycles. The number of aromatic nitrogens is 1. The Balaban J connectivity index is 2.05. The van der Waals surface area contributed by atoms with Crippen LogP contribution >= 0.6 is 0 Å². The number of carbonyl (C=O) groups is 1. The molecule has 0 N–H and O–H groups in total. The van der Waals surface area contributed by atoms with Gasteiger partial charge in [0.25, 0.3) is 0 Å². The maximum absolute atomic E-state index is 10.9. The summed E-state index contributed by atoms with van der Waals surface area (Å²) in [4.78, 5) is 10.9. The second kappa shape index (κ2) is 5.95. The fourth-order valence-corrected chi connectivity index (χ4v) is 2.42. The van der Waals surface area contributed by atoms with E-state index in [0.717, 1.165) is 35.5 Å². The molecule has 0 radical (unpaired) electrons. The zero-order valence-corrected chi connectivity index (χ0v) is 12.6. The summed E-state index contributed by atoms with van der Waals surface area (Å²) >= 11 is 0. The Morgan fingerprint density at radius 2 is 1.95 bits per heavy atom. The van der Waals surface area contributed by atoms with Crippen LogP contribution in [0.15, 0.2) is 24.3 Å². The van der Waals surface area contributed by atoms with Crippen molar-refractivity contribution >= 4 is 6.29 Å². The molecule has 0 aliphatic heterocycles. The molecule has 20 heavy (non-hydrogen) atoms. The lowest BCUT2D eigenvalue weighted by Gasteiger charge is -2.13. The van der Waals surface area contributed by atoms with E-state index in [1.165, 1.54) is 11.1 Å². The third-order valence-electron chi connectivity index (χ3n) is 3.87. The average Bonchev–Trinajstić information content (AvgIpc) is 2.70. The average molecular weight is 271 g/mol. The molecule has 0 spiro atoms. The summed E-state index contributed by atoms with van der Waals surface area (Å²) in [5.74, 6) is 0.933. The molecule has 0 saturated heterocycles. The molecule has 1 aromatic carbocycles. The van der Waals surface area contributed by atoms with Crippen LogP contribution in [-0.2, 0) is 6.54 Å². The van der Waals surface area contributed by atoms with Crippen LogP contribution in [0.1, 0.15) is 32.9 Å². The van der Waals surface area contributed by atoms with Crippen molar-refractivity contribution in [3.8, 4) is 5.75 Å². The lowest BCUT2D eigenvalue weighted by atomic mass is 10.1. The molecule has 2 aromatic rings. The zero-order chi connectivity index (χ0) is 14.7. The minimum atomic E-state index is 0.596. The van der Waals surface area contributed by atoms with Gasteiger partial charge < -0.3 is 9.30 Å². The van der Waals surface area contributed by atoms with Crippen LogP contribution in [0.4, 0.5) is 0 Å². The van der Waals surface area contributed by atoms with Crippen molar-refractivity contribution in [2.75, 3.05) is 6.61 Å². The summed E-state index contributed by atoms with van der Waals surface area (Å²) in [6.45, 7) is 9.48. The molecule has 3 heteroatoms. The van der Waals surface area contributed by atoms with Gasteiger partial charge in [0.05, 0.1) is 6.54 Å². The van der Waals surface area contributed by atoms with E-state index in [1.54, 1.807) is 0 Å². The summed E-state index contributed by atoms with van der Waals surface area (Å²) in [6, 6.07) is 8.00. The molecule has 1 heterocycles. The highest BCUT2D eigenvalue weighted by Gasteiger charge is 2.08. The van der Waals surface area contributed by atoms with Gasteiger partial charge in [-0.2, -0.15) is 0 Å². The lowest BCUT2D eigenvalue weighted by Crippen LogP contribution is -2.11. The molecule has 3 nitrogen and oxygen atoms in total. The van der Waals surface area contributed by atoms with Gasteiger partial charge >= 0.3 is 0 Å². The minimum absolute atomic E-state index is 0.596. The monoisotopic (exact) mass is 271 g/mol. The van der Waals surface area contributed by atoms with Gasteiger partial charge in [0.1, 0.15) is 12.4 Å². The van der Waals surface area contributed by atoms with Gasteiger partial charge in [-0.25, -0.2) is 0 Å². The normalized spacial score (nSPS) is 10.6. The minimum Gasteiger partial charge on any atom is -0.491 e. The molecule has 0 bridgehead atoms. The highest BCUT2D eigenvalue weighted by atomic mass is 16.5. The molecule has 0 atom stereocenters. The highest BCUT2D eigenvalue weighted by Crippen LogP contribution is 2.21. The third kappa shape index (κ3) is 2.77. The molecule has 0 fully saturated rings. The smallest absolute Gasteiger partial charge is 0.151 e. The van der Waals surface area contributed by atoms with Gasteiger partial charge in [-0.3, -0.25) is 4.79 Å². The van der Waals surface area contributed by atoms with Gasteiger partial charge in [0, 0.05) is 17.0 Å². The topological polar surface area (TPSA) is 31.2 Å². The molecule has 2 rings (SSSR count). The summed E-state index contributed by atoms with van der Waals surface area (Å²) in [5.41, 5.74) is 5.27. The molecule has 1 aromatic heterocycles. The standard InChI is InChI=1S/C17H21NO2/c1-12-6-5-7-17(14(12)3)20-9-8-18-13(2)10-16(11-19)15(18)4/h5-7,10-11H,8-9H2,1-4H3. The molecular weight excluding hydrogens is 250 g/mol. The number of benzene rings is 1. The second-order valence-corrected chi connectivity index (χ2v) is 5.14. The lowest BCUT2D eigenvalue weighted by molar-refractivity contribution is 0.112. The number of ether oxygens (including phenoxy) is 1. The Hall–Kier alpha value is -2.03. The Morgan fingerprint density at radius 3 is 2.60 bits per heavy atom. The van der Waals surface area contributed by atoms with E-state index in [1.807, 2.05) is 32.0 Å². The molecule has 0 unspecified atom stereocenters. The first-order valence-electron chi connectivity index (χ1n) is 6.85. The summed E-state index contributed by atoms with van der Waals surface area (Å²) in [6.07, 6.45) is 0.907. The number of carbonyl (C=O) groups excluding carboxylic acids is 1. The van der Waals surface area contributed by atoms with Crippen LogP contribution in [-0.4, -0.2) is 17.5 Å². The van der Waals surface area contributed by atoms with E-state index >= 15 is 0 Å². The van der Waals surface area contributed by atoms with E-state index in [9.17, 15) is 4.79 Å². The van der Waals surface area contributed by atoms with Crippen molar-refractivity contribution < 1.29 is 9.53 Å². The third-order valence-corrected chi connectivity index (χ3v) is 3.87. The number of hydrogen-bond donors (Lipinski definition) is 0. The Labute approximate surface area is 120 Å². The van der Waals surface area contributed by atoms with Crippen molar-refractivity contribution in [3.63, 3.8) is 0 Å². The van der Waals surface area contributed by atoms with Gasteiger partial charge in [0.2, 0.25) is 0 Å². The molecule has 0 aliphatic carbocycles. The highest BCUT2D eigenvalue weighted by molar-refractivity contribution is 5.77. The molecule has 106 valence electrons. The van der Waals surface area contributed by atoms with E-state index in [4.69, 9.17) is 4.74 Å². The van der Waals surface area contributed by atoms with Crippen LogP contribution in [0.25, 0.3) is 0 Å². The first kappa shape index (κ1) is 14.4. The number of hydrogen-bond acceptors (Lipinski definition) is 2. The van der Waals surface area contributed by atoms with Crippen molar-refractivity contribution in [3.05, 3.63) is 52.3 Å². The fourth-order valence-electron chi connectivity index (χ4n) is 2.42. The predicted octanol–water partition coefficient (Wildman–Crippen LogP) is 3.61. The number of aldehydes is 1. The molecular formula is C17H21NO2. The van der Waals surface area contributed by atoms with Gasteiger partial charge in [-0.05, 0) is 51.0 Å².